The molecule has 0 radical (unpaired) electrons. The van der Waals surface area contributed by atoms with E-state index in [4.69, 9.17) is 9.47 Å². The van der Waals surface area contributed by atoms with Gasteiger partial charge in [-0.25, -0.2) is 4.79 Å². The summed E-state index contributed by atoms with van der Waals surface area (Å²) in [4.78, 5) is 14.3. The van der Waals surface area contributed by atoms with Crippen molar-refractivity contribution in [2.75, 3.05) is 38.7 Å². The first-order valence-electron chi connectivity index (χ1n) is 7.03. The number of benzene rings is 1. The monoisotopic (exact) mass is 276 g/mol. The van der Waals surface area contributed by atoms with Crippen molar-refractivity contribution >= 4 is 11.7 Å². The minimum atomic E-state index is -0.0499. The maximum Gasteiger partial charge on any atom is 0.321 e. The number of carbonyl (C=O) groups is 1. The Balaban J connectivity index is 1.67. The molecule has 2 heterocycles. The van der Waals surface area contributed by atoms with Crippen LogP contribution >= 0.6 is 0 Å². The molecular formula is C15H20N2O3. The molecule has 108 valence electrons. The van der Waals surface area contributed by atoms with E-state index in [-0.39, 0.29) is 6.03 Å². The second-order valence-corrected chi connectivity index (χ2v) is 5.54. The number of urea groups is 1. The largest absolute Gasteiger partial charge is 0.495 e. The summed E-state index contributed by atoms with van der Waals surface area (Å²) in [6.07, 6.45) is 1.18. The summed E-state index contributed by atoms with van der Waals surface area (Å²) in [7, 11) is 1.60. The summed E-state index contributed by atoms with van der Waals surface area (Å²) in [5.41, 5.74) is 0.715. The highest BCUT2D eigenvalue weighted by Gasteiger charge is 2.33. The van der Waals surface area contributed by atoms with Crippen LogP contribution in [0.2, 0.25) is 0 Å². The Bertz CT molecular complexity index is 480. The predicted octanol–water partition coefficient (Wildman–Crippen LogP) is 2.20. The number of methoxy groups -OCH3 is 1. The van der Waals surface area contributed by atoms with Crippen LogP contribution in [0.1, 0.15) is 6.42 Å². The Labute approximate surface area is 118 Å². The van der Waals surface area contributed by atoms with Crippen LogP contribution in [0.3, 0.4) is 0 Å². The SMILES string of the molecule is COc1ccccc1NC(=O)N1CC2COCC(C2)C1. The van der Waals surface area contributed by atoms with Crippen LogP contribution in [0.25, 0.3) is 0 Å². The van der Waals surface area contributed by atoms with Gasteiger partial charge in [-0.2, -0.15) is 0 Å². The van der Waals surface area contributed by atoms with E-state index in [1.807, 2.05) is 29.2 Å². The van der Waals surface area contributed by atoms with Gasteiger partial charge in [0.15, 0.2) is 0 Å². The Morgan fingerprint density at radius 1 is 1.30 bits per heavy atom. The number of hydrogen-bond donors (Lipinski definition) is 1. The Hall–Kier alpha value is -1.75. The van der Waals surface area contributed by atoms with Crippen LogP contribution in [0.15, 0.2) is 24.3 Å². The first-order valence-corrected chi connectivity index (χ1v) is 7.03. The normalized spacial score (nSPS) is 25.1. The van der Waals surface area contributed by atoms with Gasteiger partial charge in [0.05, 0.1) is 26.0 Å². The fourth-order valence-corrected chi connectivity index (χ4v) is 3.07. The lowest BCUT2D eigenvalue weighted by Gasteiger charge is -2.41. The van der Waals surface area contributed by atoms with E-state index in [1.165, 1.54) is 6.42 Å². The first-order chi connectivity index (χ1) is 9.76. The topological polar surface area (TPSA) is 50.8 Å². The molecule has 2 bridgehead atoms. The van der Waals surface area contributed by atoms with Crippen molar-refractivity contribution in [2.24, 2.45) is 11.8 Å². The Kier molecular flexibility index (Phi) is 3.78. The number of piperidine rings is 1. The number of para-hydroxylation sites is 2. The summed E-state index contributed by atoms with van der Waals surface area (Å²) in [5.74, 6) is 1.64. The summed E-state index contributed by atoms with van der Waals surface area (Å²) < 4.78 is 10.8. The van der Waals surface area contributed by atoms with Gasteiger partial charge in [-0.05, 0) is 18.6 Å². The van der Waals surface area contributed by atoms with Crippen LogP contribution in [-0.2, 0) is 4.74 Å². The lowest BCUT2D eigenvalue weighted by Crippen LogP contribution is -2.50. The van der Waals surface area contributed by atoms with Crippen molar-refractivity contribution in [2.45, 2.75) is 6.42 Å². The number of nitrogens with zero attached hydrogens (tertiary/aromatic N) is 1. The van der Waals surface area contributed by atoms with E-state index < -0.39 is 0 Å². The lowest BCUT2D eigenvalue weighted by atomic mass is 9.88. The number of amides is 2. The average Bonchev–Trinajstić information content (AvgIpc) is 2.47. The molecule has 2 amide bonds. The van der Waals surface area contributed by atoms with E-state index in [2.05, 4.69) is 5.32 Å². The second-order valence-electron chi connectivity index (χ2n) is 5.54. The summed E-state index contributed by atoms with van der Waals surface area (Å²) in [5, 5.41) is 2.94. The minimum absolute atomic E-state index is 0.0499. The number of carbonyl (C=O) groups excluding carboxylic acids is 1. The van der Waals surface area contributed by atoms with Crippen molar-refractivity contribution in [1.82, 2.24) is 4.90 Å². The summed E-state index contributed by atoms with van der Waals surface area (Å²) in [6.45, 7) is 3.10. The third kappa shape index (κ3) is 2.72. The predicted molar refractivity (Wildman–Crippen MR) is 76.0 cm³/mol. The van der Waals surface area contributed by atoms with Crippen molar-refractivity contribution < 1.29 is 14.3 Å². The molecule has 1 aromatic carbocycles. The van der Waals surface area contributed by atoms with Crippen LogP contribution in [0.4, 0.5) is 10.5 Å². The summed E-state index contributed by atoms with van der Waals surface area (Å²) in [6, 6.07) is 7.42. The summed E-state index contributed by atoms with van der Waals surface area (Å²) >= 11 is 0. The molecule has 2 unspecified atom stereocenters. The molecule has 3 rings (SSSR count). The smallest absolute Gasteiger partial charge is 0.321 e. The fraction of sp³-hybridized carbons (Fsp3) is 0.533. The average molecular weight is 276 g/mol. The fourth-order valence-electron chi connectivity index (χ4n) is 3.07. The van der Waals surface area contributed by atoms with E-state index >= 15 is 0 Å². The minimum Gasteiger partial charge on any atom is -0.495 e. The molecule has 0 spiro atoms. The van der Waals surface area contributed by atoms with Crippen LogP contribution < -0.4 is 10.1 Å². The van der Waals surface area contributed by atoms with Gasteiger partial charge in [-0.15, -0.1) is 0 Å². The van der Waals surface area contributed by atoms with E-state index in [0.29, 0.717) is 23.3 Å². The molecule has 0 aliphatic carbocycles. The van der Waals surface area contributed by atoms with Gasteiger partial charge in [-0.3, -0.25) is 0 Å². The standard InChI is InChI=1S/C15H20N2O3/c1-19-14-5-3-2-4-13(14)16-15(18)17-7-11-6-12(8-17)10-20-9-11/h2-5,11-12H,6-10H2,1H3,(H,16,18). The van der Waals surface area contributed by atoms with E-state index in [0.717, 1.165) is 26.3 Å². The third-order valence-corrected chi connectivity index (χ3v) is 3.97. The molecule has 2 fully saturated rings. The molecule has 2 saturated heterocycles. The molecule has 1 N–H and O–H groups in total. The van der Waals surface area contributed by atoms with Crippen LogP contribution in [-0.4, -0.2) is 44.3 Å². The van der Waals surface area contributed by atoms with Crippen molar-refractivity contribution in [1.29, 1.82) is 0 Å². The zero-order chi connectivity index (χ0) is 13.9. The number of ether oxygens (including phenoxy) is 2. The van der Waals surface area contributed by atoms with E-state index in [9.17, 15) is 4.79 Å². The number of rotatable bonds is 2. The van der Waals surface area contributed by atoms with E-state index in [1.54, 1.807) is 7.11 Å². The van der Waals surface area contributed by atoms with Crippen LogP contribution in [0.5, 0.6) is 5.75 Å². The molecule has 1 aromatic rings. The number of fused-ring (bicyclic) bond motifs is 2. The highest BCUT2D eigenvalue weighted by molar-refractivity contribution is 5.91. The molecule has 2 aliphatic heterocycles. The zero-order valence-electron chi connectivity index (χ0n) is 11.7. The van der Waals surface area contributed by atoms with Crippen molar-refractivity contribution in [3.63, 3.8) is 0 Å². The number of hydrogen-bond acceptors (Lipinski definition) is 3. The lowest BCUT2D eigenvalue weighted by molar-refractivity contribution is -0.0281. The molecule has 2 atom stereocenters. The molecule has 0 aromatic heterocycles. The second kappa shape index (κ2) is 5.71. The molecule has 20 heavy (non-hydrogen) atoms. The van der Waals surface area contributed by atoms with Gasteiger partial charge >= 0.3 is 6.03 Å². The number of nitrogens with one attached hydrogen (secondary N) is 1. The van der Waals surface area contributed by atoms with Gasteiger partial charge in [0.2, 0.25) is 0 Å². The number of anilines is 1. The number of likely N-dealkylation sites (tertiary alicyclic amines) is 1. The van der Waals surface area contributed by atoms with Gasteiger partial charge in [-0.1, -0.05) is 12.1 Å². The molecular weight excluding hydrogens is 256 g/mol. The molecule has 5 heteroatoms. The zero-order valence-corrected chi connectivity index (χ0v) is 11.7. The van der Waals surface area contributed by atoms with Crippen molar-refractivity contribution in [3.05, 3.63) is 24.3 Å². The Morgan fingerprint density at radius 3 is 2.70 bits per heavy atom. The Morgan fingerprint density at radius 2 is 2.00 bits per heavy atom. The maximum atomic E-state index is 12.4. The van der Waals surface area contributed by atoms with Gasteiger partial charge in [0, 0.05) is 24.9 Å². The highest BCUT2D eigenvalue weighted by atomic mass is 16.5. The van der Waals surface area contributed by atoms with Gasteiger partial charge < -0.3 is 19.7 Å². The third-order valence-electron chi connectivity index (χ3n) is 3.97. The molecule has 5 nitrogen and oxygen atoms in total. The van der Waals surface area contributed by atoms with Crippen molar-refractivity contribution in [3.8, 4) is 5.75 Å². The van der Waals surface area contributed by atoms with Crippen LogP contribution in [0, 0.1) is 11.8 Å². The highest BCUT2D eigenvalue weighted by Crippen LogP contribution is 2.28. The molecule has 2 aliphatic rings. The quantitative estimate of drug-likeness (QED) is 0.901. The molecule has 0 saturated carbocycles. The van der Waals surface area contributed by atoms with Gasteiger partial charge in [0.25, 0.3) is 0 Å². The van der Waals surface area contributed by atoms with Gasteiger partial charge in [0.1, 0.15) is 5.75 Å². The maximum absolute atomic E-state index is 12.4. The first kappa shape index (κ1) is 13.2.